The number of sulfonamides is 1. The minimum Gasteiger partial charge on any atom is -0.495 e. The quantitative estimate of drug-likeness (QED) is 0.844. The maximum absolute atomic E-state index is 12.8. The summed E-state index contributed by atoms with van der Waals surface area (Å²) in [5.41, 5.74) is 2.11. The number of nitrogens with zero attached hydrogens (tertiary/aromatic N) is 2. The van der Waals surface area contributed by atoms with Gasteiger partial charge in [-0.15, -0.1) is 0 Å². The Morgan fingerprint density at radius 3 is 2.88 bits per heavy atom. The zero-order chi connectivity index (χ0) is 18.2. The van der Waals surface area contributed by atoms with E-state index in [1.54, 1.807) is 4.68 Å². The molecule has 3 rings (SSSR count). The van der Waals surface area contributed by atoms with Gasteiger partial charge >= 0.3 is 0 Å². The van der Waals surface area contributed by atoms with Gasteiger partial charge in [0.25, 0.3) is 0 Å². The molecule has 1 unspecified atom stereocenters. The Balaban J connectivity index is 1.91. The Kier molecular flexibility index (Phi) is 4.53. The standard InChI is InChI=1S/C16H20N4O4S/c1-20-9-12-11(4-3-5-13(12)19-20)16(21)18-14-8-10(25(17,22)23)6-7-15(14)24-2/h6-9,11H,3-5H2,1-2H3,(H,18,21)(H2,17,22,23). The van der Waals surface area contributed by atoms with E-state index in [1.807, 2.05) is 13.2 Å². The monoisotopic (exact) mass is 364 g/mol. The van der Waals surface area contributed by atoms with E-state index in [1.165, 1.54) is 25.3 Å². The molecule has 0 fully saturated rings. The van der Waals surface area contributed by atoms with E-state index in [0.29, 0.717) is 12.2 Å². The average molecular weight is 364 g/mol. The lowest BCUT2D eigenvalue weighted by atomic mass is 9.86. The number of methoxy groups -OCH3 is 1. The number of benzene rings is 1. The Morgan fingerprint density at radius 2 is 2.20 bits per heavy atom. The van der Waals surface area contributed by atoms with Crippen molar-refractivity contribution >= 4 is 21.6 Å². The normalized spacial score (nSPS) is 17.0. The highest BCUT2D eigenvalue weighted by Crippen LogP contribution is 2.33. The number of aromatic nitrogens is 2. The van der Waals surface area contributed by atoms with E-state index in [-0.39, 0.29) is 22.4 Å². The fourth-order valence-electron chi connectivity index (χ4n) is 3.12. The highest BCUT2D eigenvalue weighted by molar-refractivity contribution is 7.89. The van der Waals surface area contributed by atoms with Crippen LogP contribution >= 0.6 is 0 Å². The van der Waals surface area contributed by atoms with Crippen LogP contribution in [0.1, 0.15) is 30.0 Å². The predicted octanol–water partition coefficient (Wildman–Crippen LogP) is 1.13. The molecule has 25 heavy (non-hydrogen) atoms. The van der Waals surface area contributed by atoms with Gasteiger partial charge in [-0.05, 0) is 37.5 Å². The number of carbonyl (C=O) groups excluding carboxylic acids is 1. The molecule has 0 radical (unpaired) electrons. The van der Waals surface area contributed by atoms with Gasteiger partial charge in [-0.1, -0.05) is 0 Å². The van der Waals surface area contributed by atoms with E-state index in [9.17, 15) is 13.2 Å². The third kappa shape index (κ3) is 3.52. The van der Waals surface area contributed by atoms with Crippen molar-refractivity contribution in [3.8, 4) is 5.75 Å². The number of nitrogens with two attached hydrogens (primary N) is 1. The van der Waals surface area contributed by atoms with Crippen molar-refractivity contribution < 1.29 is 17.9 Å². The molecular weight excluding hydrogens is 344 g/mol. The number of amides is 1. The lowest BCUT2D eigenvalue weighted by molar-refractivity contribution is -0.117. The van der Waals surface area contributed by atoms with Gasteiger partial charge in [0.05, 0.1) is 29.3 Å². The van der Waals surface area contributed by atoms with Crippen molar-refractivity contribution in [1.29, 1.82) is 0 Å². The largest absolute Gasteiger partial charge is 0.495 e. The Morgan fingerprint density at radius 1 is 1.44 bits per heavy atom. The van der Waals surface area contributed by atoms with Crippen LogP contribution < -0.4 is 15.2 Å². The number of hydrogen-bond donors (Lipinski definition) is 2. The van der Waals surface area contributed by atoms with Gasteiger partial charge < -0.3 is 10.1 Å². The van der Waals surface area contributed by atoms with Gasteiger partial charge in [0.1, 0.15) is 5.75 Å². The van der Waals surface area contributed by atoms with Crippen molar-refractivity contribution in [2.45, 2.75) is 30.1 Å². The number of nitrogens with one attached hydrogen (secondary N) is 1. The van der Waals surface area contributed by atoms with Crippen molar-refractivity contribution in [1.82, 2.24) is 9.78 Å². The van der Waals surface area contributed by atoms with Crippen LogP contribution in [0.15, 0.2) is 29.3 Å². The molecule has 3 N–H and O–H groups in total. The summed E-state index contributed by atoms with van der Waals surface area (Å²) in [5.74, 6) is -0.193. The lowest BCUT2D eigenvalue weighted by Crippen LogP contribution is -2.24. The molecule has 134 valence electrons. The van der Waals surface area contributed by atoms with Crippen LogP contribution in [-0.2, 0) is 28.3 Å². The van der Waals surface area contributed by atoms with E-state index in [2.05, 4.69) is 10.4 Å². The van der Waals surface area contributed by atoms with E-state index in [0.717, 1.165) is 24.1 Å². The molecular formula is C16H20N4O4S. The summed E-state index contributed by atoms with van der Waals surface area (Å²) in [7, 11) is -0.605. The first-order valence-electron chi connectivity index (χ1n) is 7.83. The second kappa shape index (κ2) is 6.49. The van der Waals surface area contributed by atoms with Crippen LogP contribution in [0.25, 0.3) is 0 Å². The Bertz CT molecular complexity index is 920. The molecule has 1 aliphatic rings. The molecule has 1 heterocycles. The summed E-state index contributed by atoms with van der Waals surface area (Å²) in [4.78, 5) is 12.7. The molecule has 1 atom stereocenters. The summed E-state index contributed by atoms with van der Waals surface area (Å²) in [5, 5.41) is 12.3. The minimum atomic E-state index is -3.88. The lowest BCUT2D eigenvalue weighted by Gasteiger charge is -2.21. The van der Waals surface area contributed by atoms with Gasteiger partial charge in [0, 0.05) is 18.8 Å². The first-order chi connectivity index (χ1) is 11.8. The molecule has 1 aliphatic carbocycles. The van der Waals surface area contributed by atoms with E-state index < -0.39 is 10.0 Å². The minimum absolute atomic E-state index is 0.0886. The fraction of sp³-hybridized carbons (Fsp3) is 0.375. The van der Waals surface area contributed by atoms with Gasteiger partial charge in [-0.2, -0.15) is 5.10 Å². The van der Waals surface area contributed by atoms with Crippen LogP contribution in [0.2, 0.25) is 0 Å². The third-order valence-corrected chi connectivity index (χ3v) is 5.20. The number of fused-ring (bicyclic) bond motifs is 1. The molecule has 1 amide bonds. The average Bonchev–Trinajstić information content (AvgIpc) is 2.93. The predicted molar refractivity (Wildman–Crippen MR) is 91.9 cm³/mol. The molecule has 9 heteroatoms. The maximum Gasteiger partial charge on any atom is 0.238 e. The molecule has 1 aromatic carbocycles. The number of rotatable bonds is 4. The highest BCUT2D eigenvalue weighted by atomic mass is 32.2. The topological polar surface area (TPSA) is 116 Å². The Hall–Kier alpha value is -2.39. The van der Waals surface area contributed by atoms with Gasteiger partial charge in [0.2, 0.25) is 15.9 Å². The van der Waals surface area contributed by atoms with Gasteiger partial charge in [0.15, 0.2) is 0 Å². The van der Waals surface area contributed by atoms with Crippen molar-refractivity contribution in [3.63, 3.8) is 0 Å². The second-order valence-corrected chi connectivity index (χ2v) is 7.61. The number of anilines is 1. The summed E-state index contributed by atoms with van der Waals surface area (Å²) in [6.07, 6.45) is 4.29. The summed E-state index contributed by atoms with van der Waals surface area (Å²) in [6, 6.07) is 4.11. The first-order valence-corrected chi connectivity index (χ1v) is 9.38. The van der Waals surface area contributed by atoms with Crippen LogP contribution in [0.3, 0.4) is 0 Å². The summed E-state index contributed by atoms with van der Waals surface area (Å²) in [6.45, 7) is 0. The molecule has 2 aromatic rings. The molecule has 0 saturated carbocycles. The number of aryl methyl sites for hydroxylation is 2. The number of primary sulfonamides is 1. The molecule has 0 saturated heterocycles. The van der Waals surface area contributed by atoms with Crippen LogP contribution in [0, 0.1) is 0 Å². The smallest absolute Gasteiger partial charge is 0.238 e. The molecule has 1 aromatic heterocycles. The highest BCUT2D eigenvalue weighted by Gasteiger charge is 2.29. The zero-order valence-corrected chi connectivity index (χ0v) is 14.8. The van der Waals surface area contributed by atoms with Crippen LogP contribution in [-0.4, -0.2) is 31.2 Å². The second-order valence-electron chi connectivity index (χ2n) is 6.05. The van der Waals surface area contributed by atoms with E-state index in [4.69, 9.17) is 9.88 Å². The molecule has 8 nitrogen and oxygen atoms in total. The van der Waals surface area contributed by atoms with Gasteiger partial charge in [-0.3, -0.25) is 9.48 Å². The van der Waals surface area contributed by atoms with Gasteiger partial charge in [-0.25, -0.2) is 13.6 Å². The molecule has 0 spiro atoms. The van der Waals surface area contributed by atoms with Crippen molar-refractivity contribution in [3.05, 3.63) is 35.7 Å². The van der Waals surface area contributed by atoms with Crippen molar-refractivity contribution in [2.75, 3.05) is 12.4 Å². The SMILES string of the molecule is COc1ccc(S(N)(=O)=O)cc1NC(=O)C1CCCc2nn(C)cc21. The molecule has 0 bridgehead atoms. The van der Waals surface area contributed by atoms with E-state index >= 15 is 0 Å². The maximum atomic E-state index is 12.8. The number of ether oxygens (including phenoxy) is 1. The summed E-state index contributed by atoms with van der Waals surface area (Å²) >= 11 is 0. The Labute approximate surface area is 146 Å². The third-order valence-electron chi connectivity index (χ3n) is 4.29. The number of carbonyl (C=O) groups is 1. The molecule has 0 aliphatic heterocycles. The first kappa shape index (κ1) is 17.4. The van der Waals surface area contributed by atoms with Crippen molar-refractivity contribution in [2.24, 2.45) is 12.2 Å². The van der Waals surface area contributed by atoms with Crippen LogP contribution in [0.5, 0.6) is 5.75 Å². The van der Waals surface area contributed by atoms with Crippen LogP contribution in [0.4, 0.5) is 5.69 Å². The summed E-state index contributed by atoms with van der Waals surface area (Å²) < 4.78 is 30.0. The number of hydrogen-bond acceptors (Lipinski definition) is 5. The fourth-order valence-corrected chi connectivity index (χ4v) is 3.66. The zero-order valence-electron chi connectivity index (χ0n) is 14.0.